The number of ether oxygens (including phenoxy) is 5. The second kappa shape index (κ2) is 20.0. The molecule has 2 aromatic heterocycles. The summed E-state index contributed by atoms with van der Waals surface area (Å²) in [5.41, 5.74) is 6.62. The van der Waals surface area contributed by atoms with Gasteiger partial charge in [0.2, 0.25) is 0 Å². The number of hydrogen-bond donors (Lipinski definition) is 0. The standard InChI is InChI=1S/C47H43ClN4O5S/c48-39-22-21-37(25-38(39)26-42-51-52-47(58-42)40-27-49-23-24-50-40)43-45(55-30-35-17-9-3-10-18-35)46(56-31-36-19-11-4-12-20-36)44(54-29-34-15-7-2-8-16-34)41(57-43)32-53-28-33-13-5-1-6-14-33/h1-25,27,41,43-46H,26,28-32H2/t41-,43+,44-,45+,46+/m1/s1. The van der Waals surface area contributed by atoms with Gasteiger partial charge in [0.1, 0.15) is 41.2 Å². The number of halogens is 1. The van der Waals surface area contributed by atoms with Crippen LogP contribution < -0.4 is 0 Å². The summed E-state index contributed by atoms with van der Waals surface area (Å²) in [4.78, 5) is 8.57. The molecule has 7 aromatic rings. The molecule has 1 saturated heterocycles. The van der Waals surface area contributed by atoms with E-state index in [0.717, 1.165) is 38.4 Å². The SMILES string of the molecule is Clc1ccc([C@@H]2O[C@H](COCc3ccccc3)[C@@H](OCc3ccccc3)[C@H](OCc3ccccc3)[C@H]2OCc2ccccc2)cc1Cc1nnc(-c2cnccn2)s1. The minimum absolute atomic E-state index is 0.262. The zero-order chi connectivity index (χ0) is 39.4. The lowest BCUT2D eigenvalue weighted by molar-refractivity contribution is -0.275. The van der Waals surface area contributed by atoms with Gasteiger partial charge in [0.15, 0.2) is 5.01 Å². The Kier molecular flexibility index (Phi) is 13.7. The van der Waals surface area contributed by atoms with E-state index in [4.69, 9.17) is 35.3 Å². The van der Waals surface area contributed by atoms with Crippen LogP contribution in [0.1, 0.15) is 44.5 Å². The summed E-state index contributed by atoms with van der Waals surface area (Å²) in [6.07, 6.45) is 2.63. The highest BCUT2D eigenvalue weighted by atomic mass is 35.5. The van der Waals surface area contributed by atoms with Crippen molar-refractivity contribution in [2.45, 2.75) is 63.4 Å². The smallest absolute Gasteiger partial charge is 0.167 e. The van der Waals surface area contributed by atoms with Crippen LogP contribution >= 0.6 is 22.9 Å². The van der Waals surface area contributed by atoms with Crippen LogP contribution in [0, 0.1) is 0 Å². The Hall–Kier alpha value is -5.17. The molecule has 8 rings (SSSR count). The Bertz CT molecular complexity index is 2290. The summed E-state index contributed by atoms with van der Waals surface area (Å²) >= 11 is 8.37. The monoisotopic (exact) mass is 810 g/mol. The first-order valence-corrected chi connectivity index (χ1v) is 20.5. The summed E-state index contributed by atoms with van der Waals surface area (Å²) in [5.74, 6) is 0. The Morgan fingerprint density at radius 2 is 1.17 bits per heavy atom. The normalized spacial score (nSPS) is 19.2. The minimum Gasteiger partial charge on any atom is -0.374 e. The quantitative estimate of drug-likeness (QED) is 0.0891. The number of benzene rings is 5. The van der Waals surface area contributed by atoms with Crippen LogP contribution in [-0.4, -0.2) is 51.2 Å². The molecule has 0 spiro atoms. The van der Waals surface area contributed by atoms with E-state index < -0.39 is 30.5 Å². The van der Waals surface area contributed by atoms with Gasteiger partial charge in [0.25, 0.3) is 0 Å². The molecule has 0 saturated carbocycles. The molecule has 9 nitrogen and oxygen atoms in total. The second-order valence-electron chi connectivity index (χ2n) is 14.0. The van der Waals surface area contributed by atoms with Crippen LogP contribution in [0.3, 0.4) is 0 Å². The molecule has 5 aromatic carbocycles. The van der Waals surface area contributed by atoms with Crippen molar-refractivity contribution in [2.75, 3.05) is 6.61 Å². The van der Waals surface area contributed by atoms with E-state index in [1.807, 2.05) is 84.9 Å². The highest BCUT2D eigenvalue weighted by Crippen LogP contribution is 2.40. The van der Waals surface area contributed by atoms with Gasteiger partial charge in [-0.15, -0.1) is 10.2 Å². The van der Waals surface area contributed by atoms with E-state index in [-0.39, 0.29) is 6.61 Å². The number of aromatic nitrogens is 4. The molecule has 5 atom stereocenters. The Morgan fingerprint density at radius 1 is 0.603 bits per heavy atom. The highest BCUT2D eigenvalue weighted by Gasteiger charge is 2.49. The Balaban J connectivity index is 1.15. The van der Waals surface area contributed by atoms with Crippen LogP contribution in [0.25, 0.3) is 10.7 Å². The fourth-order valence-corrected chi connectivity index (χ4v) is 7.97. The average molecular weight is 811 g/mol. The third kappa shape index (κ3) is 10.5. The van der Waals surface area contributed by atoms with Gasteiger partial charge >= 0.3 is 0 Å². The summed E-state index contributed by atoms with van der Waals surface area (Å²) in [7, 11) is 0. The summed E-state index contributed by atoms with van der Waals surface area (Å²) in [6, 6.07) is 46.5. The van der Waals surface area contributed by atoms with Crippen LogP contribution in [0.5, 0.6) is 0 Å². The molecule has 0 radical (unpaired) electrons. The molecule has 1 aliphatic heterocycles. The number of nitrogens with zero attached hydrogens (tertiary/aromatic N) is 4. The van der Waals surface area contributed by atoms with Crippen molar-refractivity contribution in [2.24, 2.45) is 0 Å². The number of hydrogen-bond acceptors (Lipinski definition) is 10. The average Bonchev–Trinajstić information content (AvgIpc) is 3.75. The van der Waals surface area contributed by atoms with Crippen LogP contribution in [0.4, 0.5) is 0 Å². The third-order valence-corrected chi connectivity index (χ3v) is 11.2. The van der Waals surface area contributed by atoms with E-state index in [2.05, 4.69) is 74.8 Å². The van der Waals surface area contributed by atoms with Crippen LogP contribution in [-0.2, 0) is 56.5 Å². The van der Waals surface area contributed by atoms with Crippen molar-refractivity contribution >= 4 is 22.9 Å². The summed E-state index contributed by atoms with van der Waals surface area (Å²) < 4.78 is 34.4. The molecule has 58 heavy (non-hydrogen) atoms. The summed E-state index contributed by atoms with van der Waals surface area (Å²) in [6.45, 7) is 1.73. The first-order valence-electron chi connectivity index (χ1n) is 19.3. The largest absolute Gasteiger partial charge is 0.374 e. The molecule has 0 amide bonds. The van der Waals surface area contributed by atoms with E-state index in [1.165, 1.54) is 11.3 Å². The predicted octanol–water partition coefficient (Wildman–Crippen LogP) is 9.65. The van der Waals surface area contributed by atoms with Gasteiger partial charge in [0, 0.05) is 23.8 Å². The fourth-order valence-electron chi connectivity index (χ4n) is 6.97. The maximum atomic E-state index is 7.16. The zero-order valence-electron chi connectivity index (χ0n) is 31.8. The lowest BCUT2D eigenvalue weighted by Crippen LogP contribution is -2.58. The van der Waals surface area contributed by atoms with Crippen molar-refractivity contribution in [3.63, 3.8) is 0 Å². The van der Waals surface area contributed by atoms with E-state index in [0.29, 0.717) is 48.6 Å². The topological polar surface area (TPSA) is 97.7 Å². The molecular weight excluding hydrogens is 768 g/mol. The van der Waals surface area contributed by atoms with E-state index in [1.54, 1.807) is 18.6 Å². The summed E-state index contributed by atoms with van der Waals surface area (Å²) in [5, 5.41) is 11.0. The van der Waals surface area contributed by atoms with Crippen molar-refractivity contribution in [1.29, 1.82) is 0 Å². The Morgan fingerprint density at radius 3 is 1.76 bits per heavy atom. The maximum absolute atomic E-state index is 7.16. The van der Waals surface area contributed by atoms with Crippen molar-refractivity contribution < 1.29 is 23.7 Å². The van der Waals surface area contributed by atoms with Gasteiger partial charge in [-0.25, -0.2) is 0 Å². The van der Waals surface area contributed by atoms with Gasteiger partial charge in [-0.1, -0.05) is 156 Å². The number of rotatable bonds is 17. The van der Waals surface area contributed by atoms with Crippen molar-refractivity contribution in [3.05, 3.63) is 202 Å². The van der Waals surface area contributed by atoms with E-state index >= 15 is 0 Å². The van der Waals surface area contributed by atoms with Crippen LogP contribution in [0.15, 0.2) is 158 Å². The van der Waals surface area contributed by atoms with Crippen molar-refractivity contribution in [1.82, 2.24) is 20.2 Å². The lowest BCUT2D eigenvalue weighted by atomic mass is 9.89. The predicted molar refractivity (Wildman–Crippen MR) is 224 cm³/mol. The fraction of sp³-hybridized carbons (Fsp3) is 0.234. The molecule has 3 heterocycles. The van der Waals surface area contributed by atoms with Gasteiger partial charge in [-0.05, 0) is 39.4 Å². The zero-order valence-corrected chi connectivity index (χ0v) is 33.3. The van der Waals surface area contributed by atoms with Gasteiger partial charge in [0.05, 0.1) is 39.2 Å². The molecule has 0 aliphatic carbocycles. The highest BCUT2D eigenvalue weighted by molar-refractivity contribution is 7.14. The molecule has 1 fully saturated rings. The molecule has 294 valence electrons. The molecule has 0 bridgehead atoms. The first kappa shape index (κ1) is 39.6. The molecule has 0 unspecified atom stereocenters. The maximum Gasteiger partial charge on any atom is 0.167 e. The Labute approximate surface area is 347 Å². The van der Waals surface area contributed by atoms with Crippen molar-refractivity contribution in [3.8, 4) is 10.7 Å². The first-order chi connectivity index (χ1) is 28.7. The van der Waals surface area contributed by atoms with Gasteiger partial charge < -0.3 is 23.7 Å². The molecule has 11 heteroatoms. The molecule has 0 N–H and O–H groups in total. The minimum atomic E-state index is -0.589. The lowest BCUT2D eigenvalue weighted by Gasteiger charge is -2.46. The van der Waals surface area contributed by atoms with Crippen LogP contribution in [0.2, 0.25) is 5.02 Å². The van der Waals surface area contributed by atoms with E-state index in [9.17, 15) is 0 Å². The molecular formula is C47H43ClN4O5S. The third-order valence-electron chi connectivity index (χ3n) is 9.87. The van der Waals surface area contributed by atoms with Gasteiger partial charge in [-0.3, -0.25) is 9.97 Å². The molecule has 1 aliphatic rings. The second-order valence-corrected chi connectivity index (χ2v) is 15.5. The van der Waals surface area contributed by atoms with Gasteiger partial charge in [-0.2, -0.15) is 0 Å².